The molecule has 3 aromatic rings. The molecule has 1 atom stereocenters. The van der Waals surface area contributed by atoms with Crippen molar-refractivity contribution in [2.75, 3.05) is 0 Å². The van der Waals surface area contributed by atoms with Gasteiger partial charge in [-0.15, -0.1) is 0 Å². The molecule has 0 saturated heterocycles. The van der Waals surface area contributed by atoms with Crippen molar-refractivity contribution in [2.45, 2.75) is 12.1 Å². The molecule has 0 bridgehead atoms. The van der Waals surface area contributed by atoms with Gasteiger partial charge < -0.3 is 9.52 Å². The van der Waals surface area contributed by atoms with E-state index in [2.05, 4.69) is 0 Å². The second-order valence-electron chi connectivity index (χ2n) is 5.47. The third-order valence-corrected chi connectivity index (χ3v) is 3.89. The summed E-state index contributed by atoms with van der Waals surface area (Å²) in [5, 5.41) is 10.1. The molecule has 0 spiro atoms. The Hall–Kier alpha value is -3.02. The minimum atomic E-state index is -4.45. The van der Waals surface area contributed by atoms with Crippen LogP contribution in [0.15, 0.2) is 76.1 Å². The lowest BCUT2D eigenvalue weighted by Crippen LogP contribution is -2.15. The van der Waals surface area contributed by atoms with Crippen molar-refractivity contribution in [1.29, 1.82) is 0 Å². The molecule has 3 rings (SSSR count). The van der Waals surface area contributed by atoms with E-state index in [1.807, 2.05) is 0 Å². The highest BCUT2D eigenvalue weighted by atomic mass is 19.4. The molecule has 1 aromatic heterocycles. The van der Waals surface area contributed by atoms with Crippen molar-refractivity contribution >= 4 is 0 Å². The number of rotatable bonds is 3. The molecule has 1 unspecified atom stereocenters. The van der Waals surface area contributed by atoms with E-state index in [9.17, 15) is 23.1 Å². The summed E-state index contributed by atoms with van der Waals surface area (Å²) < 4.78 is 43.2. The third-order valence-electron chi connectivity index (χ3n) is 3.89. The van der Waals surface area contributed by atoms with Crippen LogP contribution < -0.4 is 5.63 Å². The fourth-order valence-electron chi connectivity index (χ4n) is 2.72. The van der Waals surface area contributed by atoms with Gasteiger partial charge in [-0.1, -0.05) is 42.5 Å². The van der Waals surface area contributed by atoms with E-state index in [4.69, 9.17) is 4.42 Å². The molecule has 0 fully saturated rings. The average molecular weight is 346 g/mol. The van der Waals surface area contributed by atoms with Gasteiger partial charge in [-0.3, -0.25) is 0 Å². The molecule has 0 aliphatic carbocycles. The summed E-state index contributed by atoms with van der Waals surface area (Å²) in [6.45, 7) is 0. The summed E-state index contributed by atoms with van der Waals surface area (Å²) in [4.78, 5) is 12.1. The molecule has 25 heavy (non-hydrogen) atoms. The van der Waals surface area contributed by atoms with Crippen molar-refractivity contribution in [1.82, 2.24) is 0 Å². The fraction of sp³-hybridized carbons (Fsp3) is 0.105. The van der Waals surface area contributed by atoms with Crippen LogP contribution in [0.5, 0.6) is 5.75 Å². The van der Waals surface area contributed by atoms with Crippen LogP contribution in [0.4, 0.5) is 13.2 Å². The van der Waals surface area contributed by atoms with E-state index in [0.29, 0.717) is 11.1 Å². The Morgan fingerprint density at radius 2 is 1.48 bits per heavy atom. The van der Waals surface area contributed by atoms with Crippen LogP contribution in [-0.2, 0) is 6.18 Å². The molecule has 0 saturated carbocycles. The van der Waals surface area contributed by atoms with Crippen LogP contribution in [0.3, 0.4) is 0 Å². The zero-order chi connectivity index (χ0) is 18.0. The van der Waals surface area contributed by atoms with Crippen LogP contribution >= 0.6 is 0 Å². The Bertz CT molecular complexity index is 913. The Morgan fingerprint density at radius 1 is 0.880 bits per heavy atom. The molecule has 3 nitrogen and oxygen atoms in total. The van der Waals surface area contributed by atoms with Crippen LogP contribution in [0.2, 0.25) is 0 Å². The maximum absolute atomic E-state index is 12.8. The summed E-state index contributed by atoms with van der Waals surface area (Å²) in [6, 6.07) is 14.5. The van der Waals surface area contributed by atoms with Gasteiger partial charge in [-0.05, 0) is 23.3 Å². The maximum atomic E-state index is 12.8. The molecule has 0 aliphatic rings. The van der Waals surface area contributed by atoms with Crippen LogP contribution in [0, 0.1) is 0 Å². The number of aromatic hydroxyl groups is 1. The normalized spacial score (nSPS) is 12.8. The molecular weight excluding hydrogens is 333 g/mol. The molecule has 128 valence electrons. The second-order valence-corrected chi connectivity index (χ2v) is 5.47. The van der Waals surface area contributed by atoms with E-state index in [-0.39, 0.29) is 11.3 Å². The average Bonchev–Trinajstić information content (AvgIpc) is 2.58. The van der Waals surface area contributed by atoms with E-state index in [0.717, 1.165) is 18.4 Å². The summed E-state index contributed by atoms with van der Waals surface area (Å²) in [6.07, 6.45) is -3.38. The van der Waals surface area contributed by atoms with Crippen molar-refractivity contribution < 1.29 is 22.7 Å². The largest absolute Gasteiger partial charge is 0.507 e. The minimum Gasteiger partial charge on any atom is -0.507 e. The van der Waals surface area contributed by atoms with Crippen molar-refractivity contribution in [2.24, 2.45) is 0 Å². The van der Waals surface area contributed by atoms with Gasteiger partial charge in [0.15, 0.2) is 0 Å². The molecular formula is C19H13F3O3. The van der Waals surface area contributed by atoms with Crippen LogP contribution in [0.1, 0.15) is 28.2 Å². The van der Waals surface area contributed by atoms with Crippen LogP contribution in [0.25, 0.3) is 0 Å². The maximum Gasteiger partial charge on any atom is 0.416 e. The molecule has 1 N–H and O–H groups in total. The van der Waals surface area contributed by atoms with Gasteiger partial charge >= 0.3 is 11.8 Å². The lowest BCUT2D eigenvalue weighted by atomic mass is 9.85. The highest BCUT2D eigenvalue weighted by Gasteiger charge is 2.31. The molecule has 1 heterocycles. The molecule has 2 aromatic carbocycles. The van der Waals surface area contributed by atoms with Gasteiger partial charge in [-0.2, -0.15) is 13.2 Å². The molecule has 6 heteroatoms. The van der Waals surface area contributed by atoms with Crippen LogP contribution in [-0.4, -0.2) is 5.11 Å². The summed E-state index contributed by atoms with van der Waals surface area (Å²) in [5.41, 5.74) is -0.460. The number of alkyl halides is 3. The fourth-order valence-corrected chi connectivity index (χ4v) is 2.72. The standard InChI is InChI=1S/C19H13F3O3/c20-19(21,22)14-8-6-13(7-9-14)16(12-4-2-1-3-5-12)17-15(23)10-11-25-18(17)24/h1-11,16,23H. The van der Waals surface area contributed by atoms with E-state index >= 15 is 0 Å². The zero-order valence-electron chi connectivity index (χ0n) is 12.8. The third kappa shape index (κ3) is 3.42. The van der Waals surface area contributed by atoms with E-state index < -0.39 is 23.3 Å². The first kappa shape index (κ1) is 16.8. The first-order chi connectivity index (χ1) is 11.9. The first-order valence-electron chi connectivity index (χ1n) is 7.40. The summed E-state index contributed by atoms with van der Waals surface area (Å²) in [5.74, 6) is -1.02. The van der Waals surface area contributed by atoms with E-state index in [1.165, 1.54) is 18.2 Å². The summed E-state index contributed by atoms with van der Waals surface area (Å²) >= 11 is 0. The lowest BCUT2D eigenvalue weighted by Gasteiger charge is -2.19. The molecule has 0 amide bonds. The van der Waals surface area contributed by atoms with Gasteiger partial charge in [0.1, 0.15) is 5.75 Å². The van der Waals surface area contributed by atoms with Crippen molar-refractivity contribution in [3.8, 4) is 5.75 Å². The smallest absolute Gasteiger partial charge is 0.416 e. The Labute approximate surface area is 141 Å². The lowest BCUT2D eigenvalue weighted by molar-refractivity contribution is -0.137. The number of hydrogen-bond donors (Lipinski definition) is 1. The second kappa shape index (κ2) is 6.47. The number of hydrogen-bond acceptors (Lipinski definition) is 3. The Morgan fingerprint density at radius 3 is 2.04 bits per heavy atom. The monoisotopic (exact) mass is 346 g/mol. The highest BCUT2D eigenvalue weighted by Crippen LogP contribution is 2.36. The van der Waals surface area contributed by atoms with Crippen molar-refractivity contribution in [3.05, 3.63) is 99.6 Å². The predicted molar refractivity (Wildman–Crippen MR) is 85.5 cm³/mol. The highest BCUT2D eigenvalue weighted by molar-refractivity contribution is 5.47. The quantitative estimate of drug-likeness (QED) is 0.757. The van der Waals surface area contributed by atoms with Gasteiger partial charge in [0, 0.05) is 12.0 Å². The van der Waals surface area contributed by atoms with Gasteiger partial charge in [-0.25, -0.2) is 4.79 Å². The Kier molecular flexibility index (Phi) is 4.35. The number of halogens is 3. The predicted octanol–water partition coefficient (Wildman–Crippen LogP) is 4.54. The Balaban J connectivity index is 2.18. The topological polar surface area (TPSA) is 50.4 Å². The molecule has 0 aliphatic heterocycles. The van der Waals surface area contributed by atoms with Gasteiger partial charge in [0.2, 0.25) is 0 Å². The first-order valence-corrected chi connectivity index (χ1v) is 7.40. The van der Waals surface area contributed by atoms with Gasteiger partial charge in [0.25, 0.3) is 0 Å². The minimum absolute atomic E-state index is 0.0199. The van der Waals surface area contributed by atoms with Crippen molar-refractivity contribution in [3.63, 3.8) is 0 Å². The zero-order valence-corrected chi connectivity index (χ0v) is 12.8. The summed E-state index contributed by atoms with van der Waals surface area (Å²) in [7, 11) is 0. The molecule has 0 radical (unpaired) electrons. The van der Waals surface area contributed by atoms with Gasteiger partial charge in [0.05, 0.1) is 17.4 Å². The van der Waals surface area contributed by atoms with E-state index in [1.54, 1.807) is 30.3 Å². The SMILES string of the molecule is O=c1occc(O)c1C(c1ccccc1)c1ccc(C(F)(F)F)cc1. The number of benzene rings is 2.